The summed E-state index contributed by atoms with van der Waals surface area (Å²) in [6.07, 6.45) is 1.58. The lowest BCUT2D eigenvalue weighted by atomic mass is 10.4. The van der Waals surface area contributed by atoms with Gasteiger partial charge in [-0.3, -0.25) is 4.68 Å². The Kier molecular flexibility index (Phi) is 3.50. The van der Waals surface area contributed by atoms with Gasteiger partial charge in [0.2, 0.25) is 5.09 Å². The summed E-state index contributed by atoms with van der Waals surface area (Å²) < 4.78 is 32.6. The van der Waals surface area contributed by atoms with Crippen molar-refractivity contribution >= 4 is 10.0 Å². The number of aliphatic hydroxyl groups excluding tert-OH is 1. The van der Waals surface area contributed by atoms with Crippen molar-refractivity contribution in [3.8, 4) is 0 Å². The van der Waals surface area contributed by atoms with Crippen LogP contribution in [0, 0.1) is 0 Å². The number of sulfonamides is 1. The Morgan fingerprint density at radius 3 is 2.78 bits per heavy atom. The van der Waals surface area contributed by atoms with Crippen LogP contribution in [-0.4, -0.2) is 23.3 Å². The number of hydrogen-bond donors (Lipinski definition) is 2. The van der Waals surface area contributed by atoms with Crippen LogP contribution in [0.5, 0.6) is 0 Å². The summed E-state index contributed by atoms with van der Waals surface area (Å²) in [5, 5.41) is 12.5. The fraction of sp³-hybridized carbons (Fsp3) is 0.300. The number of hydrogen-bond acceptors (Lipinski definition) is 5. The van der Waals surface area contributed by atoms with Gasteiger partial charge in [0.1, 0.15) is 12.4 Å². The van der Waals surface area contributed by atoms with E-state index in [1.54, 1.807) is 24.0 Å². The quantitative estimate of drug-likeness (QED) is 0.796. The summed E-state index contributed by atoms with van der Waals surface area (Å²) in [5.41, 5.74) is 0.729. The summed E-state index contributed by atoms with van der Waals surface area (Å²) in [5.74, 6) is 0.205. The molecule has 8 heteroatoms. The first-order valence-electron chi connectivity index (χ1n) is 5.19. The second-order valence-electron chi connectivity index (χ2n) is 3.65. The van der Waals surface area contributed by atoms with Gasteiger partial charge in [-0.2, -0.15) is 5.10 Å². The average Bonchev–Trinajstić information content (AvgIpc) is 2.95. The standard InChI is InChI=1S/C10H13N3O4S/c1-13-8(4-5-11-13)6-12-18(15,16)10-3-2-9(7-14)17-10/h2-5,12,14H,6-7H2,1H3. The van der Waals surface area contributed by atoms with Crippen LogP contribution < -0.4 is 4.72 Å². The summed E-state index contributed by atoms with van der Waals surface area (Å²) in [6.45, 7) is -0.217. The molecule has 0 fully saturated rings. The first-order valence-corrected chi connectivity index (χ1v) is 6.67. The van der Waals surface area contributed by atoms with E-state index < -0.39 is 10.0 Å². The maximum atomic E-state index is 11.9. The van der Waals surface area contributed by atoms with Gasteiger partial charge in [0.05, 0.1) is 12.2 Å². The molecule has 0 unspecified atom stereocenters. The maximum Gasteiger partial charge on any atom is 0.274 e. The smallest absolute Gasteiger partial charge is 0.274 e. The van der Waals surface area contributed by atoms with E-state index in [0.717, 1.165) is 5.69 Å². The Labute approximate surface area is 104 Å². The number of nitrogens with zero attached hydrogens (tertiary/aromatic N) is 2. The van der Waals surface area contributed by atoms with E-state index in [2.05, 4.69) is 9.82 Å². The molecule has 0 radical (unpaired) electrons. The van der Waals surface area contributed by atoms with Crippen LogP contribution in [0.4, 0.5) is 0 Å². The van der Waals surface area contributed by atoms with Crippen LogP contribution in [0.1, 0.15) is 11.5 Å². The van der Waals surface area contributed by atoms with E-state index in [-0.39, 0.29) is 24.0 Å². The highest BCUT2D eigenvalue weighted by atomic mass is 32.2. The van der Waals surface area contributed by atoms with E-state index in [0.29, 0.717) is 0 Å². The Hall–Kier alpha value is -1.64. The highest BCUT2D eigenvalue weighted by Crippen LogP contribution is 2.14. The van der Waals surface area contributed by atoms with Crippen molar-refractivity contribution in [3.05, 3.63) is 35.9 Å². The first-order chi connectivity index (χ1) is 8.53. The molecule has 2 aromatic rings. The van der Waals surface area contributed by atoms with E-state index in [9.17, 15) is 8.42 Å². The van der Waals surface area contributed by atoms with Crippen molar-refractivity contribution in [2.75, 3.05) is 0 Å². The molecule has 2 N–H and O–H groups in total. The first kappa shape index (κ1) is 12.8. The fourth-order valence-corrected chi connectivity index (χ4v) is 2.35. The molecule has 0 aliphatic heterocycles. The predicted octanol–water partition coefficient (Wildman–Crippen LogP) is -0.0161. The summed E-state index contributed by atoms with van der Waals surface area (Å²) in [7, 11) is -1.99. The minimum Gasteiger partial charge on any atom is -0.446 e. The zero-order valence-corrected chi connectivity index (χ0v) is 10.5. The summed E-state index contributed by atoms with van der Waals surface area (Å²) in [6, 6.07) is 4.43. The SMILES string of the molecule is Cn1nccc1CNS(=O)(=O)c1ccc(CO)o1. The van der Waals surface area contributed by atoms with E-state index in [4.69, 9.17) is 9.52 Å². The molecule has 0 saturated heterocycles. The molecule has 0 aliphatic carbocycles. The highest BCUT2D eigenvalue weighted by molar-refractivity contribution is 7.89. The Morgan fingerprint density at radius 2 is 2.22 bits per heavy atom. The van der Waals surface area contributed by atoms with Gasteiger partial charge in [0.25, 0.3) is 10.0 Å². The molecule has 2 heterocycles. The number of nitrogens with one attached hydrogen (secondary N) is 1. The molecule has 0 aliphatic rings. The number of furan rings is 1. The van der Waals surface area contributed by atoms with Gasteiger partial charge in [-0.05, 0) is 18.2 Å². The van der Waals surface area contributed by atoms with Crippen molar-refractivity contribution in [2.24, 2.45) is 7.05 Å². The average molecular weight is 271 g/mol. The van der Waals surface area contributed by atoms with Crippen LogP contribution in [0.2, 0.25) is 0 Å². The van der Waals surface area contributed by atoms with Gasteiger partial charge < -0.3 is 9.52 Å². The monoisotopic (exact) mass is 271 g/mol. The van der Waals surface area contributed by atoms with Crippen molar-refractivity contribution < 1.29 is 17.9 Å². The lowest BCUT2D eigenvalue weighted by molar-refractivity contribution is 0.236. The molecule has 2 rings (SSSR count). The van der Waals surface area contributed by atoms with Gasteiger partial charge in [-0.25, -0.2) is 13.1 Å². The van der Waals surface area contributed by atoms with Gasteiger partial charge >= 0.3 is 0 Å². The lowest BCUT2D eigenvalue weighted by Crippen LogP contribution is -2.24. The molecule has 0 bridgehead atoms. The van der Waals surface area contributed by atoms with Gasteiger partial charge in [0.15, 0.2) is 0 Å². The predicted molar refractivity (Wildman–Crippen MR) is 61.9 cm³/mol. The van der Waals surface area contributed by atoms with Crippen molar-refractivity contribution in [2.45, 2.75) is 18.2 Å². The largest absolute Gasteiger partial charge is 0.446 e. The summed E-state index contributed by atoms with van der Waals surface area (Å²) >= 11 is 0. The molecule has 18 heavy (non-hydrogen) atoms. The van der Waals surface area contributed by atoms with Crippen LogP contribution in [0.25, 0.3) is 0 Å². The second-order valence-corrected chi connectivity index (χ2v) is 5.35. The minimum absolute atomic E-state index is 0.119. The van der Waals surface area contributed by atoms with Gasteiger partial charge in [-0.1, -0.05) is 0 Å². The van der Waals surface area contributed by atoms with Gasteiger partial charge in [0, 0.05) is 13.2 Å². The lowest BCUT2D eigenvalue weighted by Gasteiger charge is -2.04. The minimum atomic E-state index is -3.71. The van der Waals surface area contributed by atoms with E-state index in [1.807, 2.05) is 0 Å². The van der Waals surface area contributed by atoms with Crippen LogP contribution in [0.3, 0.4) is 0 Å². The van der Waals surface area contributed by atoms with E-state index >= 15 is 0 Å². The third kappa shape index (κ3) is 2.61. The van der Waals surface area contributed by atoms with Crippen molar-refractivity contribution in [1.82, 2.24) is 14.5 Å². The number of aromatic nitrogens is 2. The van der Waals surface area contributed by atoms with Crippen LogP contribution in [-0.2, 0) is 30.2 Å². The summed E-state index contributed by atoms with van der Waals surface area (Å²) in [4.78, 5) is 0. The number of aliphatic hydroxyl groups is 1. The van der Waals surface area contributed by atoms with Gasteiger partial charge in [-0.15, -0.1) is 0 Å². The zero-order chi connectivity index (χ0) is 13.2. The third-order valence-corrected chi connectivity index (χ3v) is 3.70. The fourth-order valence-electron chi connectivity index (χ4n) is 1.40. The molecular weight excluding hydrogens is 258 g/mol. The molecule has 2 aromatic heterocycles. The second kappa shape index (κ2) is 4.92. The molecule has 98 valence electrons. The molecule has 0 saturated carbocycles. The Morgan fingerprint density at radius 1 is 1.44 bits per heavy atom. The third-order valence-electron chi connectivity index (χ3n) is 2.42. The highest BCUT2D eigenvalue weighted by Gasteiger charge is 2.18. The molecular formula is C10H13N3O4S. The van der Waals surface area contributed by atoms with Crippen molar-refractivity contribution in [1.29, 1.82) is 0 Å². The maximum absolute atomic E-state index is 11.9. The molecule has 0 spiro atoms. The van der Waals surface area contributed by atoms with Crippen LogP contribution in [0.15, 0.2) is 33.9 Å². The van der Waals surface area contributed by atoms with Crippen molar-refractivity contribution in [3.63, 3.8) is 0 Å². The molecule has 0 atom stereocenters. The van der Waals surface area contributed by atoms with E-state index in [1.165, 1.54) is 12.1 Å². The Bertz CT molecular complexity index is 629. The number of aryl methyl sites for hydroxylation is 1. The topological polar surface area (TPSA) is 97.4 Å². The molecule has 7 nitrogen and oxygen atoms in total. The molecule has 0 aromatic carbocycles. The normalized spacial score (nSPS) is 11.9. The number of rotatable bonds is 5. The molecule has 0 amide bonds. The van der Waals surface area contributed by atoms with Crippen LogP contribution >= 0.6 is 0 Å². The zero-order valence-electron chi connectivity index (χ0n) is 9.70. The Balaban J connectivity index is 2.10.